The van der Waals surface area contributed by atoms with E-state index in [1.165, 1.54) is 23.1 Å². The molecular formula is C28H24N2O4Se2. The molecule has 4 aromatic rings. The van der Waals surface area contributed by atoms with Gasteiger partial charge in [0.1, 0.15) is 0 Å². The van der Waals surface area contributed by atoms with Gasteiger partial charge in [0.05, 0.1) is 0 Å². The van der Waals surface area contributed by atoms with Crippen LogP contribution in [0.15, 0.2) is 94.9 Å². The van der Waals surface area contributed by atoms with E-state index in [1.54, 1.807) is 48.8 Å². The molecule has 0 spiro atoms. The van der Waals surface area contributed by atoms with Gasteiger partial charge in [-0.25, -0.2) is 0 Å². The monoisotopic (exact) mass is 612 g/mol. The van der Waals surface area contributed by atoms with Crippen LogP contribution in [0, 0.1) is 0 Å². The van der Waals surface area contributed by atoms with Gasteiger partial charge in [0.2, 0.25) is 0 Å². The van der Waals surface area contributed by atoms with Crippen LogP contribution in [0.3, 0.4) is 0 Å². The van der Waals surface area contributed by atoms with Crippen molar-refractivity contribution in [3.05, 3.63) is 96.1 Å². The first-order valence-corrected chi connectivity index (χ1v) is 17.0. The zero-order valence-corrected chi connectivity index (χ0v) is 23.1. The molecule has 0 saturated heterocycles. The number of phenolic OH excluding ortho intramolecular Hbond substituents is 2. The van der Waals surface area contributed by atoms with Crippen LogP contribution < -0.4 is 18.4 Å². The van der Waals surface area contributed by atoms with E-state index in [2.05, 4.69) is 34.3 Å². The van der Waals surface area contributed by atoms with E-state index in [1.807, 2.05) is 24.3 Å². The number of hydrogen-bond acceptors (Lipinski definition) is 6. The summed E-state index contributed by atoms with van der Waals surface area (Å²) in [5.74, 6) is 1.08. The second kappa shape index (κ2) is 12.4. The normalized spacial score (nSPS) is 11.3. The van der Waals surface area contributed by atoms with Crippen LogP contribution in [0.2, 0.25) is 0 Å². The first-order valence-electron chi connectivity index (χ1n) is 10.9. The number of aliphatic imine (C=N–C) groups is 2. The van der Waals surface area contributed by atoms with Gasteiger partial charge in [0.25, 0.3) is 0 Å². The summed E-state index contributed by atoms with van der Waals surface area (Å²) in [7, 11) is 3.05. The average molecular weight is 610 g/mol. The van der Waals surface area contributed by atoms with E-state index >= 15 is 0 Å². The van der Waals surface area contributed by atoms with E-state index < -0.39 is 0 Å². The number of benzene rings is 4. The Labute approximate surface area is 221 Å². The topological polar surface area (TPSA) is 83.6 Å². The SMILES string of the molecule is COc1cc(C=Nc2ccc([Se][Se]c3ccc(N=Cc4ccc(O)c(OC)c4)cc3)cc2)ccc1O. The molecule has 0 aromatic heterocycles. The Morgan fingerprint density at radius 2 is 0.972 bits per heavy atom. The Bertz CT molecular complexity index is 1260. The van der Waals surface area contributed by atoms with Gasteiger partial charge in [0.15, 0.2) is 0 Å². The van der Waals surface area contributed by atoms with Crippen molar-refractivity contribution in [3.8, 4) is 23.0 Å². The molecule has 4 rings (SSSR count). The second-order valence-corrected chi connectivity index (χ2v) is 13.8. The van der Waals surface area contributed by atoms with Gasteiger partial charge in [-0.2, -0.15) is 0 Å². The predicted octanol–water partition coefficient (Wildman–Crippen LogP) is 3.89. The molecule has 0 aliphatic rings. The van der Waals surface area contributed by atoms with Crippen molar-refractivity contribution in [2.45, 2.75) is 0 Å². The van der Waals surface area contributed by atoms with Crippen molar-refractivity contribution in [1.29, 1.82) is 0 Å². The maximum absolute atomic E-state index is 9.70. The van der Waals surface area contributed by atoms with Gasteiger partial charge in [-0.3, -0.25) is 0 Å². The molecule has 0 fully saturated rings. The third-order valence-electron chi connectivity index (χ3n) is 5.04. The number of nitrogens with zero attached hydrogens (tertiary/aromatic N) is 2. The van der Waals surface area contributed by atoms with Gasteiger partial charge in [-0.05, 0) is 0 Å². The summed E-state index contributed by atoms with van der Waals surface area (Å²) in [6.07, 6.45) is 3.52. The van der Waals surface area contributed by atoms with Crippen LogP contribution >= 0.6 is 0 Å². The summed E-state index contributed by atoms with van der Waals surface area (Å²) in [4.78, 5) is 9.04. The molecule has 2 N–H and O–H groups in total. The van der Waals surface area contributed by atoms with Crippen molar-refractivity contribution in [3.63, 3.8) is 0 Å². The fourth-order valence-electron chi connectivity index (χ4n) is 3.12. The summed E-state index contributed by atoms with van der Waals surface area (Å²) in [5, 5.41) is 19.4. The minimum atomic E-state index is 0.112. The van der Waals surface area contributed by atoms with Gasteiger partial charge in [-0.1, -0.05) is 0 Å². The molecule has 0 aliphatic carbocycles. The number of aromatic hydroxyl groups is 2. The Balaban J connectivity index is 1.31. The Kier molecular flexibility index (Phi) is 8.82. The van der Waals surface area contributed by atoms with E-state index in [0.29, 0.717) is 37.8 Å². The predicted molar refractivity (Wildman–Crippen MR) is 147 cm³/mol. The molecule has 8 heteroatoms. The zero-order chi connectivity index (χ0) is 25.3. The summed E-state index contributed by atoms with van der Waals surface area (Å²) in [6.45, 7) is 0. The molecule has 0 saturated carbocycles. The maximum atomic E-state index is 9.70. The quantitative estimate of drug-likeness (QED) is 0.223. The first-order chi connectivity index (χ1) is 17.5. The second-order valence-electron chi connectivity index (χ2n) is 7.53. The molecule has 6 nitrogen and oxygen atoms in total. The summed E-state index contributed by atoms with van der Waals surface area (Å²) < 4.78 is 12.9. The third-order valence-corrected chi connectivity index (χ3v) is 12.3. The van der Waals surface area contributed by atoms with Crippen LogP contribution in [0.4, 0.5) is 11.4 Å². The van der Waals surface area contributed by atoms with Gasteiger partial charge in [-0.15, -0.1) is 0 Å². The van der Waals surface area contributed by atoms with Crippen LogP contribution in [0.5, 0.6) is 23.0 Å². The molecule has 0 bridgehead atoms. The van der Waals surface area contributed by atoms with Gasteiger partial charge < -0.3 is 0 Å². The van der Waals surface area contributed by atoms with Crippen molar-refractivity contribution >= 4 is 59.0 Å². The van der Waals surface area contributed by atoms with Crippen LogP contribution in [-0.2, 0) is 0 Å². The molecule has 0 radical (unpaired) electrons. The number of hydrogen-bond donors (Lipinski definition) is 2. The molecule has 0 amide bonds. The molecule has 0 aliphatic heterocycles. The van der Waals surface area contributed by atoms with Gasteiger partial charge in [0, 0.05) is 0 Å². The van der Waals surface area contributed by atoms with Crippen LogP contribution in [0.25, 0.3) is 0 Å². The van der Waals surface area contributed by atoms with Crippen LogP contribution in [-0.4, -0.2) is 63.1 Å². The first kappa shape index (κ1) is 25.5. The number of phenols is 2. The van der Waals surface area contributed by atoms with Crippen molar-refractivity contribution in [1.82, 2.24) is 0 Å². The Morgan fingerprint density at radius 1 is 0.583 bits per heavy atom. The minimum absolute atomic E-state index is 0.112. The Hall–Kier alpha value is -3.54. The van der Waals surface area contributed by atoms with Gasteiger partial charge >= 0.3 is 222 Å². The summed E-state index contributed by atoms with van der Waals surface area (Å²) >= 11 is 0.736. The molecule has 36 heavy (non-hydrogen) atoms. The fraction of sp³-hybridized carbons (Fsp3) is 0.0714. The molecule has 0 unspecified atom stereocenters. The van der Waals surface area contributed by atoms with E-state index in [9.17, 15) is 10.2 Å². The average Bonchev–Trinajstić information content (AvgIpc) is 2.92. The Morgan fingerprint density at radius 3 is 1.33 bits per heavy atom. The number of ether oxygens (including phenoxy) is 2. The molecular weight excluding hydrogens is 586 g/mol. The summed E-state index contributed by atoms with van der Waals surface area (Å²) in [6, 6.07) is 26.9. The fourth-order valence-corrected chi connectivity index (χ4v) is 9.08. The zero-order valence-electron chi connectivity index (χ0n) is 19.7. The number of rotatable bonds is 9. The van der Waals surface area contributed by atoms with E-state index in [4.69, 9.17) is 9.47 Å². The van der Waals surface area contributed by atoms with Crippen molar-refractivity contribution in [2.75, 3.05) is 14.2 Å². The molecule has 0 heterocycles. The molecule has 182 valence electrons. The third kappa shape index (κ3) is 7.00. The standard InChI is InChI=1S/C28H24N2O4Se2/c1-33-27-15-19(3-13-25(27)31)17-29-21-5-9-23(10-6-21)35-36-24-11-7-22(8-12-24)30-18-20-4-14-26(32)28(16-20)34-2/h3-18,31-32H,1-2H3. The molecule has 0 atom stereocenters. The summed E-state index contributed by atoms with van der Waals surface area (Å²) in [5.41, 5.74) is 3.47. The van der Waals surface area contributed by atoms with Crippen LogP contribution in [0.1, 0.15) is 11.1 Å². The van der Waals surface area contributed by atoms with Crippen molar-refractivity contribution < 1.29 is 19.7 Å². The molecule has 4 aromatic carbocycles. The van der Waals surface area contributed by atoms with Crippen molar-refractivity contribution in [2.24, 2.45) is 9.98 Å². The van der Waals surface area contributed by atoms with E-state index in [0.717, 1.165) is 22.5 Å². The number of methoxy groups -OCH3 is 2. The van der Waals surface area contributed by atoms with E-state index in [-0.39, 0.29) is 11.5 Å².